The summed E-state index contributed by atoms with van der Waals surface area (Å²) < 4.78 is 0. The topological polar surface area (TPSA) is 88.0 Å². The van der Waals surface area contributed by atoms with Gasteiger partial charge in [-0.2, -0.15) is 18.9 Å². The number of hydrogen-bond acceptors (Lipinski definition) is 2. The molecule has 2 aromatic rings. The number of aromatic amines is 1. The number of primary amides is 1. The number of hydrogen-bond donors (Lipinski definition) is 3. The molecule has 0 fully saturated rings. The largest absolute Gasteiger partial charge is 2.00 e. The Morgan fingerprint density at radius 1 is 1.38 bits per heavy atom. The van der Waals surface area contributed by atoms with Crippen molar-refractivity contribution in [1.82, 2.24) is 10.3 Å². The Kier molecular flexibility index (Phi) is 15.0. The molecule has 1 aromatic carbocycles. The number of rotatable bonds is 3. The average molecular weight is 448 g/mol. The monoisotopic (exact) mass is 449 g/mol. The predicted molar refractivity (Wildman–Crippen MR) is 81.6 cm³/mol. The molecule has 0 aliphatic heterocycles. The van der Waals surface area contributed by atoms with Gasteiger partial charge in [-0.25, -0.2) is 0 Å². The molecular weight excluding hydrogens is 427 g/mol. The molecule has 0 spiro atoms. The van der Waals surface area contributed by atoms with Crippen LogP contribution in [0.2, 0.25) is 0 Å². The summed E-state index contributed by atoms with van der Waals surface area (Å²) in [6, 6.07) is 8.14. The Bertz CT molecular complexity index is 526. The Hall–Kier alpha value is -0.911. The minimum absolute atomic E-state index is 0. The quantitative estimate of drug-likeness (QED) is 0.495. The van der Waals surface area contributed by atoms with Crippen LogP contribution in [0, 0.1) is 53.8 Å². The van der Waals surface area contributed by atoms with Gasteiger partial charge in [-0.15, -0.1) is 17.6 Å². The van der Waals surface area contributed by atoms with E-state index in [0.717, 1.165) is 11.1 Å². The number of benzene rings is 1. The van der Waals surface area contributed by atoms with E-state index >= 15 is 0 Å². The summed E-state index contributed by atoms with van der Waals surface area (Å²) >= 11 is 0. The van der Waals surface area contributed by atoms with Crippen LogP contribution in [-0.4, -0.2) is 23.8 Å². The molecule has 0 bridgehead atoms. The maximum absolute atomic E-state index is 9.74. The molecule has 0 aliphatic carbocycles. The minimum atomic E-state index is -0.566. The van der Waals surface area contributed by atoms with Gasteiger partial charge in [0.25, 0.3) is 0 Å². The van der Waals surface area contributed by atoms with E-state index in [1.54, 1.807) is 0 Å². The molecule has 2 rings (SSSR count). The van der Waals surface area contributed by atoms with Gasteiger partial charge in [0, 0.05) is 0 Å². The van der Waals surface area contributed by atoms with E-state index in [1.807, 2.05) is 29.7 Å². The van der Waals surface area contributed by atoms with Gasteiger partial charge in [-0.1, -0.05) is 38.5 Å². The molecular formula is C15H21N3O2Yb. The number of para-hydroxylation sites is 1. The first-order chi connectivity index (χ1) is 9.56. The van der Waals surface area contributed by atoms with E-state index < -0.39 is 5.91 Å². The van der Waals surface area contributed by atoms with Gasteiger partial charge >= 0.3 is 46.9 Å². The van der Waals surface area contributed by atoms with Crippen LogP contribution in [0.4, 0.5) is 0 Å². The first-order valence-electron chi connectivity index (χ1n) is 6.33. The summed E-state index contributed by atoms with van der Waals surface area (Å²) in [6.45, 7) is 7.99. The van der Waals surface area contributed by atoms with E-state index in [4.69, 9.17) is 0 Å². The molecule has 21 heavy (non-hydrogen) atoms. The fraction of sp³-hybridized carbons (Fsp3) is 0.267. The van der Waals surface area contributed by atoms with Crippen molar-refractivity contribution in [3.8, 4) is 0 Å². The third-order valence-electron chi connectivity index (χ3n) is 2.01. The van der Waals surface area contributed by atoms with E-state index in [0.29, 0.717) is 0 Å². The van der Waals surface area contributed by atoms with Crippen molar-refractivity contribution in [2.75, 3.05) is 6.54 Å². The fourth-order valence-corrected chi connectivity index (χ4v) is 1.25. The van der Waals surface area contributed by atoms with Gasteiger partial charge in [0.1, 0.15) is 0 Å². The van der Waals surface area contributed by atoms with Crippen molar-refractivity contribution in [3.63, 3.8) is 0 Å². The number of aromatic nitrogens is 1. The Labute approximate surface area is 164 Å². The fourth-order valence-electron chi connectivity index (χ4n) is 1.25. The first-order valence-corrected chi connectivity index (χ1v) is 6.33. The van der Waals surface area contributed by atoms with Crippen LogP contribution in [0.15, 0.2) is 30.5 Å². The second-order valence-corrected chi connectivity index (χ2v) is 3.99. The van der Waals surface area contributed by atoms with Crippen LogP contribution in [-0.2, 0) is 9.59 Å². The number of carbonyl (C=O) groups excluding carboxylic acids is 2. The van der Waals surface area contributed by atoms with Gasteiger partial charge < -0.3 is 20.8 Å². The number of fused-ring (bicyclic) bond motifs is 1. The molecule has 0 aliphatic rings. The standard InChI is InChI=1S/C9H8N.C3H5N2O2.C3H8.Yb/c1-7-6-10-9-5-3-2-4-8(7)9;4-3(7)1-5-2-6;1-3-2;/h2-6,10H,1H2;1H2,(H2,4,7)(H,5,6);3H2,1-2H3;/q2*-1;;+2. The van der Waals surface area contributed by atoms with Crippen LogP contribution < -0.4 is 11.1 Å². The Morgan fingerprint density at radius 2 is 1.95 bits per heavy atom. The summed E-state index contributed by atoms with van der Waals surface area (Å²) in [7, 11) is 0. The van der Waals surface area contributed by atoms with E-state index in [1.165, 1.54) is 18.2 Å². The average Bonchev–Trinajstić information content (AvgIpc) is 2.80. The van der Waals surface area contributed by atoms with E-state index in [2.05, 4.69) is 37.6 Å². The molecule has 4 N–H and O–H groups in total. The smallest absolute Gasteiger partial charge is 0.522 e. The second-order valence-electron chi connectivity index (χ2n) is 3.99. The number of carbonyl (C=O) groups is 1. The maximum Gasteiger partial charge on any atom is 2.00 e. The number of nitrogens with two attached hydrogens (primary N) is 1. The van der Waals surface area contributed by atoms with E-state index in [-0.39, 0.29) is 53.5 Å². The molecule has 0 saturated heterocycles. The van der Waals surface area contributed by atoms with Crippen LogP contribution in [0.5, 0.6) is 0 Å². The second kappa shape index (κ2) is 14.0. The van der Waals surface area contributed by atoms with Gasteiger partial charge in [0.05, 0.1) is 6.54 Å². The molecule has 122 valence electrons. The van der Waals surface area contributed by atoms with Gasteiger partial charge in [-0.3, -0.25) is 4.79 Å². The summed E-state index contributed by atoms with van der Waals surface area (Å²) in [5.41, 5.74) is 6.82. The molecule has 2 amide bonds. The molecule has 0 radical (unpaired) electrons. The molecule has 0 saturated carbocycles. The Balaban J connectivity index is 0. The number of H-pyrrole nitrogens is 1. The van der Waals surface area contributed by atoms with Crippen LogP contribution >= 0.6 is 0 Å². The van der Waals surface area contributed by atoms with Crippen molar-refractivity contribution in [1.29, 1.82) is 0 Å². The normalized spacial score (nSPS) is 8.29. The summed E-state index contributed by atoms with van der Waals surface area (Å²) in [4.78, 5) is 22.1. The Morgan fingerprint density at radius 3 is 2.38 bits per heavy atom. The van der Waals surface area contributed by atoms with Crippen LogP contribution in [0.3, 0.4) is 0 Å². The third-order valence-corrected chi connectivity index (χ3v) is 2.01. The van der Waals surface area contributed by atoms with Crippen molar-refractivity contribution in [2.24, 2.45) is 5.73 Å². The third kappa shape index (κ3) is 10.5. The van der Waals surface area contributed by atoms with Gasteiger partial charge in [-0.05, 0) is 5.52 Å². The predicted octanol–water partition coefficient (Wildman–Crippen LogP) is 1.89. The summed E-state index contributed by atoms with van der Waals surface area (Å²) in [6.07, 6.45) is 4.47. The zero-order valence-electron chi connectivity index (χ0n) is 12.2. The molecule has 1 heterocycles. The SMILES string of the molecule is CCC.NC(=O)CN[C-]=O.[CH2-]c1c[nH]c2ccccc12.[Yb+2]. The molecule has 0 unspecified atom stereocenters. The zero-order chi connectivity index (χ0) is 15.4. The summed E-state index contributed by atoms with van der Waals surface area (Å²) in [5, 5.41) is 3.18. The maximum atomic E-state index is 9.74. The summed E-state index contributed by atoms with van der Waals surface area (Å²) in [5.74, 6) is -0.566. The molecule has 5 nitrogen and oxygen atoms in total. The first kappa shape index (κ1) is 22.4. The molecule has 0 atom stereocenters. The van der Waals surface area contributed by atoms with Crippen molar-refractivity contribution in [2.45, 2.75) is 20.3 Å². The van der Waals surface area contributed by atoms with Crippen molar-refractivity contribution < 1.29 is 56.5 Å². The van der Waals surface area contributed by atoms with Gasteiger partial charge in [0.15, 0.2) is 0 Å². The van der Waals surface area contributed by atoms with Crippen molar-refractivity contribution in [3.05, 3.63) is 42.9 Å². The van der Waals surface area contributed by atoms with Crippen LogP contribution in [0.1, 0.15) is 25.8 Å². The van der Waals surface area contributed by atoms with E-state index in [9.17, 15) is 9.59 Å². The van der Waals surface area contributed by atoms with Crippen LogP contribution in [0.25, 0.3) is 10.9 Å². The molecule has 1 aromatic heterocycles. The van der Waals surface area contributed by atoms with Crippen molar-refractivity contribution >= 4 is 23.2 Å². The molecule has 6 heteroatoms. The van der Waals surface area contributed by atoms with Gasteiger partial charge in [0.2, 0.25) is 5.91 Å². The minimum Gasteiger partial charge on any atom is -0.522 e. The number of nitrogens with one attached hydrogen (secondary N) is 2. The number of amides is 2. The zero-order valence-corrected chi connectivity index (χ0v) is 13.9.